The highest BCUT2D eigenvalue weighted by molar-refractivity contribution is 6.34. The Morgan fingerprint density at radius 3 is 3.12 bits per heavy atom. The number of rotatable bonds is 2. The summed E-state index contributed by atoms with van der Waals surface area (Å²) in [5.74, 6) is 0. The zero-order chi connectivity index (χ0) is 11.8. The molecule has 0 saturated carbocycles. The molecule has 2 aromatic rings. The van der Waals surface area contributed by atoms with Gasteiger partial charge in [-0.3, -0.25) is 4.57 Å². The van der Waals surface area contributed by atoms with E-state index in [0.29, 0.717) is 17.6 Å². The second kappa shape index (κ2) is 4.20. The zero-order valence-electron chi connectivity index (χ0n) is 9.37. The van der Waals surface area contributed by atoms with E-state index in [1.807, 2.05) is 12.1 Å². The van der Waals surface area contributed by atoms with Gasteiger partial charge in [-0.2, -0.15) is 0 Å². The topological polar surface area (TPSA) is 49.8 Å². The van der Waals surface area contributed by atoms with Gasteiger partial charge in [0.1, 0.15) is 0 Å². The number of aromatic nitrogens is 2. The molecule has 0 spiro atoms. The number of hydrogen-bond donors (Lipinski definition) is 2. The van der Waals surface area contributed by atoms with Gasteiger partial charge in [0, 0.05) is 12.6 Å². The molecule has 1 aliphatic rings. The van der Waals surface area contributed by atoms with E-state index < -0.39 is 0 Å². The molecule has 1 atom stereocenters. The van der Waals surface area contributed by atoms with E-state index >= 15 is 0 Å². The normalized spacial score (nSPS) is 20.2. The van der Waals surface area contributed by atoms with E-state index in [2.05, 4.69) is 10.3 Å². The molecule has 1 unspecified atom stereocenters. The molecular weight excluding hydrogens is 238 g/mol. The van der Waals surface area contributed by atoms with E-state index in [9.17, 15) is 4.79 Å². The molecule has 0 bridgehead atoms. The quantitative estimate of drug-likeness (QED) is 0.854. The van der Waals surface area contributed by atoms with Crippen LogP contribution in [0, 0.1) is 0 Å². The fraction of sp³-hybridized carbons (Fsp3) is 0.417. The molecule has 1 aromatic carbocycles. The van der Waals surface area contributed by atoms with Crippen LogP contribution in [-0.2, 0) is 6.54 Å². The number of para-hydroxylation sites is 1. The van der Waals surface area contributed by atoms with Crippen molar-refractivity contribution in [3.63, 3.8) is 0 Å². The fourth-order valence-electron chi connectivity index (χ4n) is 2.46. The van der Waals surface area contributed by atoms with Gasteiger partial charge in [-0.05, 0) is 31.5 Å². The molecular formula is C12H14ClN3O. The van der Waals surface area contributed by atoms with E-state index in [1.165, 1.54) is 6.42 Å². The summed E-state index contributed by atoms with van der Waals surface area (Å²) in [4.78, 5) is 14.7. The minimum Gasteiger partial charge on any atom is -0.312 e. The molecule has 3 rings (SSSR count). The maximum absolute atomic E-state index is 11.9. The van der Waals surface area contributed by atoms with Gasteiger partial charge in [0.2, 0.25) is 0 Å². The van der Waals surface area contributed by atoms with Crippen molar-refractivity contribution in [1.82, 2.24) is 14.9 Å². The van der Waals surface area contributed by atoms with E-state index in [-0.39, 0.29) is 5.69 Å². The molecule has 1 saturated heterocycles. The lowest BCUT2D eigenvalue weighted by Crippen LogP contribution is -2.31. The first-order valence-corrected chi connectivity index (χ1v) is 6.24. The van der Waals surface area contributed by atoms with Crippen molar-refractivity contribution in [2.75, 3.05) is 6.54 Å². The average Bonchev–Trinajstić information content (AvgIpc) is 2.91. The SMILES string of the molecule is O=c1[nH]c2c(Cl)cccc2n1CC1CCCN1. The number of halogens is 1. The number of H-pyrrole nitrogens is 1. The summed E-state index contributed by atoms with van der Waals surface area (Å²) < 4.78 is 1.77. The molecule has 1 aliphatic heterocycles. The Kier molecular flexibility index (Phi) is 2.68. The Morgan fingerprint density at radius 2 is 2.35 bits per heavy atom. The molecule has 90 valence electrons. The fourth-order valence-corrected chi connectivity index (χ4v) is 2.68. The number of aromatic amines is 1. The summed E-state index contributed by atoms with van der Waals surface area (Å²) in [5, 5.41) is 3.99. The average molecular weight is 252 g/mol. The van der Waals surface area contributed by atoms with Gasteiger partial charge in [-0.1, -0.05) is 17.7 Å². The summed E-state index contributed by atoms with van der Waals surface area (Å²) in [7, 11) is 0. The third kappa shape index (κ3) is 1.87. The van der Waals surface area contributed by atoms with Crippen molar-refractivity contribution in [2.45, 2.75) is 25.4 Å². The predicted octanol–water partition coefficient (Wildman–Crippen LogP) is 1.73. The van der Waals surface area contributed by atoms with Crippen LogP contribution in [0.25, 0.3) is 11.0 Å². The lowest BCUT2D eigenvalue weighted by Gasteiger charge is -2.10. The van der Waals surface area contributed by atoms with Crippen molar-refractivity contribution >= 4 is 22.6 Å². The van der Waals surface area contributed by atoms with Crippen LogP contribution in [0.1, 0.15) is 12.8 Å². The molecule has 2 heterocycles. The number of benzene rings is 1. The van der Waals surface area contributed by atoms with Crippen molar-refractivity contribution < 1.29 is 0 Å². The third-order valence-corrected chi connectivity index (χ3v) is 3.64. The highest BCUT2D eigenvalue weighted by Gasteiger charge is 2.17. The first kappa shape index (κ1) is 10.9. The maximum atomic E-state index is 11.9. The van der Waals surface area contributed by atoms with Crippen LogP contribution in [0.4, 0.5) is 0 Å². The Labute approximate surface area is 104 Å². The highest BCUT2D eigenvalue weighted by atomic mass is 35.5. The molecule has 4 nitrogen and oxygen atoms in total. The minimum atomic E-state index is -0.0817. The summed E-state index contributed by atoms with van der Waals surface area (Å²) in [6, 6.07) is 5.98. The van der Waals surface area contributed by atoms with Crippen LogP contribution in [0.15, 0.2) is 23.0 Å². The van der Waals surface area contributed by atoms with Gasteiger partial charge in [-0.15, -0.1) is 0 Å². The standard InChI is InChI=1S/C12H14ClN3O/c13-9-4-1-5-10-11(9)15-12(17)16(10)7-8-3-2-6-14-8/h1,4-5,8,14H,2-3,6-7H2,(H,15,17). The highest BCUT2D eigenvalue weighted by Crippen LogP contribution is 2.20. The van der Waals surface area contributed by atoms with Crippen LogP contribution in [0.2, 0.25) is 5.02 Å². The Balaban J connectivity index is 2.06. The van der Waals surface area contributed by atoms with Gasteiger partial charge < -0.3 is 10.3 Å². The van der Waals surface area contributed by atoms with E-state index in [0.717, 1.165) is 24.0 Å². The van der Waals surface area contributed by atoms with Crippen molar-refractivity contribution in [3.8, 4) is 0 Å². The van der Waals surface area contributed by atoms with Gasteiger partial charge >= 0.3 is 5.69 Å². The lowest BCUT2D eigenvalue weighted by atomic mass is 10.2. The van der Waals surface area contributed by atoms with Gasteiger partial charge in [0.25, 0.3) is 0 Å². The lowest BCUT2D eigenvalue weighted by molar-refractivity contribution is 0.509. The Bertz CT molecular complexity index is 595. The summed E-state index contributed by atoms with van der Waals surface area (Å²) in [6.07, 6.45) is 2.31. The number of fused-ring (bicyclic) bond motifs is 1. The number of imidazole rings is 1. The van der Waals surface area contributed by atoms with Crippen LogP contribution in [0.3, 0.4) is 0 Å². The van der Waals surface area contributed by atoms with Crippen molar-refractivity contribution in [3.05, 3.63) is 33.7 Å². The van der Waals surface area contributed by atoms with E-state index in [4.69, 9.17) is 11.6 Å². The van der Waals surface area contributed by atoms with Crippen LogP contribution in [-0.4, -0.2) is 22.1 Å². The number of hydrogen-bond acceptors (Lipinski definition) is 2. The maximum Gasteiger partial charge on any atom is 0.326 e. The van der Waals surface area contributed by atoms with Gasteiger partial charge in [0.15, 0.2) is 0 Å². The van der Waals surface area contributed by atoms with Gasteiger partial charge in [0.05, 0.1) is 16.1 Å². The van der Waals surface area contributed by atoms with Gasteiger partial charge in [-0.25, -0.2) is 4.79 Å². The molecule has 0 radical (unpaired) electrons. The van der Waals surface area contributed by atoms with Crippen molar-refractivity contribution in [1.29, 1.82) is 0 Å². The van der Waals surface area contributed by atoms with Crippen LogP contribution in [0.5, 0.6) is 0 Å². The largest absolute Gasteiger partial charge is 0.326 e. The van der Waals surface area contributed by atoms with E-state index in [1.54, 1.807) is 10.6 Å². The summed E-state index contributed by atoms with van der Waals surface area (Å²) in [6.45, 7) is 1.75. The third-order valence-electron chi connectivity index (χ3n) is 3.32. The zero-order valence-corrected chi connectivity index (χ0v) is 10.1. The number of nitrogens with one attached hydrogen (secondary N) is 2. The molecule has 17 heavy (non-hydrogen) atoms. The second-order valence-corrected chi connectivity index (χ2v) is 4.88. The number of nitrogens with zero attached hydrogens (tertiary/aromatic N) is 1. The first-order chi connectivity index (χ1) is 8.25. The monoisotopic (exact) mass is 251 g/mol. The predicted molar refractivity (Wildman–Crippen MR) is 68.6 cm³/mol. The second-order valence-electron chi connectivity index (χ2n) is 4.47. The molecule has 1 fully saturated rings. The summed E-state index contributed by atoms with van der Waals surface area (Å²) >= 11 is 6.06. The molecule has 2 N–H and O–H groups in total. The van der Waals surface area contributed by atoms with Crippen LogP contribution < -0.4 is 11.0 Å². The van der Waals surface area contributed by atoms with Crippen molar-refractivity contribution in [2.24, 2.45) is 0 Å². The smallest absolute Gasteiger partial charge is 0.312 e. The molecule has 0 amide bonds. The minimum absolute atomic E-state index is 0.0817. The molecule has 0 aliphatic carbocycles. The molecule has 1 aromatic heterocycles. The van der Waals surface area contributed by atoms with Crippen LogP contribution >= 0.6 is 11.6 Å². The summed E-state index contributed by atoms with van der Waals surface area (Å²) in [5.41, 5.74) is 1.54. The Morgan fingerprint density at radius 1 is 1.47 bits per heavy atom. The molecule has 5 heteroatoms. The first-order valence-electron chi connectivity index (χ1n) is 5.86. The Hall–Kier alpha value is -1.26.